The van der Waals surface area contributed by atoms with Gasteiger partial charge in [-0.3, -0.25) is 9.59 Å². The summed E-state index contributed by atoms with van der Waals surface area (Å²) in [5, 5.41) is 3.08. The molecule has 1 aromatic carbocycles. The molecule has 0 radical (unpaired) electrons. The number of H-pyrrole nitrogens is 1. The van der Waals surface area contributed by atoms with E-state index >= 15 is 0 Å². The smallest absolute Gasteiger partial charge is 0.252 e. The summed E-state index contributed by atoms with van der Waals surface area (Å²) in [6.45, 7) is -0.110. The number of hydrogen-bond donors (Lipinski definition) is 2. The number of aromatic amines is 1. The minimum absolute atomic E-state index is 0.110. The zero-order valence-electron chi connectivity index (χ0n) is 13.8. The lowest BCUT2D eigenvalue weighted by atomic mass is 10.1. The monoisotopic (exact) mass is 359 g/mol. The van der Waals surface area contributed by atoms with E-state index in [0.29, 0.717) is 16.8 Å². The van der Waals surface area contributed by atoms with Crippen LogP contribution in [0.15, 0.2) is 41.3 Å². The van der Waals surface area contributed by atoms with Gasteiger partial charge >= 0.3 is 0 Å². The Morgan fingerprint density at radius 2 is 2.04 bits per heavy atom. The first-order chi connectivity index (χ1) is 12.5. The van der Waals surface area contributed by atoms with Crippen molar-refractivity contribution in [3.63, 3.8) is 0 Å². The molecule has 2 heterocycles. The molecule has 0 bridgehead atoms. The summed E-state index contributed by atoms with van der Waals surface area (Å²) >= 11 is 0. The van der Waals surface area contributed by atoms with Crippen LogP contribution in [0.25, 0.3) is 10.9 Å². The largest absolute Gasteiger partial charge is 0.481 e. The van der Waals surface area contributed by atoms with Crippen LogP contribution in [0.4, 0.5) is 8.78 Å². The SMILES string of the molecule is COc1nccc2[nH]c(=O)c(CC(=O)NCc3ccc(F)cc3F)cc12. The number of methoxy groups -OCH3 is 1. The number of fused-ring (bicyclic) bond motifs is 1. The van der Waals surface area contributed by atoms with E-state index < -0.39 is 23.1 Å². The number of hydrogen-bond acceptors (Lipinski definition) is 4. The molecule has 26 heavy (non-hydrogen) atoms. The molecule has 2 N–H and O–H groups in total. The van der Waals surface area contributed by atoms with Crippen molar-refractivity contribution in [2.24, 2.45) is 0 Å². The van der Waals surface area contributed by atoms with Gasteiger partial charge in [-0.1, -0.05) is 6.07 Å². The van der Waals surface area contributed by atoms with Crippen LogP contribution >= 0.6 is 0 Å². The number of carbonyl (C=O) groups excluding carboxylic acids is 1. The lowest BCUT2D eigenvalue weighted by Gasteiger charge is -2.08. The Bertz CT molecular complexity index is 1030. The molecule has 0 saturated carbocycles. The van der Waals surface area contributed by atoms with Crippen LogP contribution in [-0.2, 0) is 17.8 Å². The highest BCUT2D eigenvalue weighted by Gasteiger charge is 2.12. The lowest BCUT2D eigenvalue weighted by Crippen LogP contribution is -2.27. The van der Waals surface area contributed by atoms with Gasteiger partial charge in [-0.15, -0.1) is 0 Å². The summed E-state index contributed by atoms with van der Waals surface area (Å²) < 4.78 is 31.6. The van der Waals surface area contributed by atoms with Gasteiger partial charge in [0.15, 0.2) is 0 Å². The zero-order chi connectivity index (χ0) is 18.7. The molecule has 3 rings (SSSR count). The van der Waals surface area contributed by atoms with Gasteiger partial charge < -0.3 is 15.0 Å². The summed E-state index contributed by atoms with van der Waals surface area (Å²) in [5.74, 6) is -1.58. The summed E-state index contributed by atoms with van der Waals surface area (Å²) in [6.07, 6.45) is 1.30. The van der Waals surface area contributed by atoms with E-state index in [1.165, 1.54) is 25.4 Å². The molecular weight excluding hydrogens is 344 g/mol. The maximum absolute atomic E-state index is 13.6. The van der Waals surface area contributed by atoms with Crippen LogP contribution in [-0.4, -0.2) is 23.0 Å². The number of nitrogens with zero attached hydrogens (tertiary/aromatic N) is 1. The number of benzene rings is 1. The second-order valence-corrected chi connectivity index (χ2v) is 5.59. The molecule has 134 valence electrons. The van der Waals surface area contributed by atoms with E-state index in [1.54, 1.807) is 6.07 Å². The number of rotatable bonds is 5. The fourth-order valence-electron chi connectivity index (χ4n) is 2.53. The van der Waals surface area contributed by atoms with Crippen molar-refractivity contribution in [1.82, 2.24) is 15.3 Å². The third-order valence-electron chi connectivity index (χ3n) is 3.85. The minimum atomic E-state index is -0.746. The standard InChI is InChI=1S/C18H15F2N3O3/c1-26-18-13-6-11(17(25)23-15(13)4-5-21-18)7-16(24)22-9-10-2-3-12(19)8-14(10)20/h2-6,8H,7,9H2,1H3,(H,22,24)(H,23,25). The fourth-order valence-corrected chi connectivity index (χ4v) is 2.53. The normalized spacial score (nSPS) is 10.7. The first kappa shape index (κ1) is 17.5. The van der Waals surface area contributed by atoms with Crippen molar-refractivity contribution in [2.75, 3.05) is 7.11 Å². The second-order valence-electron chi connectivity index (χ2n) is 5.59. The van der Waals surface area contributed by atoms with Crippen LogP contribution in [0.1, 0.15) is 11.1 Å². The van der Waals surface area contributed by atoms with Gasteiger partial charge in [-0.2, -0.15) is 0 Å². The van der Waals surface area contributed by atoms with E-state index in [1.807, 2.05) is 0 Å². The summed E-state index contributed by atoms with van der Waals surface area (Å²) in [4.78, 5) is 31.0. The van der Waals surface area contributed by atoms with Crippen LogP contribution in [0, 0.1) is 11.6 Å². The van der Waals surface area contributed by atoms with Crippen molar-refractivity contribution in [3.05, 3.63) is 69.6 Å². The van der Waals surface area contributed by atoms with E-state index in [-0.39, 0.29) is 24.1 Å². The number of halogens is 2. The number of carbonyl (C=O) groups is 1. The highest BCUT2D eigenvalue weighted by molar-refractivity contribution is 5.85. The molecule has 0 atom stereocenters. The lowest BCUT2D eigenvalue weighted by molar-refractivity contribution is -0.120. The average Bonchev–Trinajstić information content (AvgIpc) is 2.61. The Hall–Kier alpha value is -3.29. The van der Waals surface area contributed by atoms with E-state index in [4.69, 9.17) is 4.74 Å². The molecule has 0 fully saturated rings. The molecule has 0 unspecified atom stereocenters. The molecule has 3 aromatic rings. The molecular formula is C18H15F2N3O3. The van der Waals surface area contributed by atoms with Gasteiger partial charge in [-0.05, 0) is 18.2 Å². The van der Waals surface area contributed by atoms with Crippen LogP contribution in [0.5, 0.6) is 5.88 Å². The third kappa shape index (κ3) is 3.69. The molecule has 0 saturated heterocycles. The van der Waals surface area contributed by atoms with Gasteiger partial charge in [-0.25, -0.2) is 13.8 Å². The Balaban J connectivity index is 1.76. The Labute approximate surface area is 146 Å². The third-order valence-corrected chi connectivity index (χ3v) is 3.85. The van der Waals surface area contributed by atoms with Crippen molar-refractivity contribution in [3.8, 4) is 5.88 Å². The molecule has 0 aliphatic carbocycles. The van der Waals surface area contributed by atoms with Gasteiger partial charge in [0.05, 0.1) is 24.4 Å². The van der Waals surface area contributed by atoms with Crippen molar-refractivity contribution >= 4 is 16.8 Å². The summed E-state index contributed by atoms with van der Waals surface area (Å²) in [5.41, 5.74) is 0.507. The molecule has 0 aliphatic rings. The Kier molecular flexibility index (Phi) is 4.92. The Morgan fingerprint density at radius 1 is 1.23 bits per heavy atom. The molecule has 2 aromatic heterocycles. The van der Waals surface area contributed by atoms with Crippen LogP contribution < -0.4 is 15.6 Å². The summed E-state index contributed by atoms with van der Waals surface area (Å²) in [7, 11) is 1.45. The Morgan fingerprint density at radius 3 is 2.77 bits per heavy atom. The highest BCUT2D eigenvalue weighted by atomic mass is 19.1. The topological polar surface area (TPSA) is 84.1 Å². The van der Waals surface area contributed by atoms with Crippen LogP contribution in [0.2, 0.25) is 0 Å². The maximum atomic E-state index is 13.6. The highest BCUT2D eigenvalue weighted by Crippen LogP contribution is 2.20. The second kappa shape index (κ2) is 7.30. The molecule has 0 aliphatic heterocycles. The number of ether oxygens (including phenoxy) is 1. The number of nitrogens with one attached hydrogen (secondary N) is 2. The molecule has 0 spiro atoms. The van der Waals surface area contributed by atoms with Crippen LogP contribution in [0.3, 0.4) is 0 Å². The first-order valence-corrected chi connectivity index (χ1v) is 7.73. The number of amides is 1. The molecule has 1 amide bonds. The van der Waals surface area contributed by atoms with Crippen molar-refractivity contribution in [1.29, 1.82) is 0 Å². The predicted molar refractivity (Wildman–Crippen MR) is 90.8 cm³/mol. The van der Waals surface area contributed by atoms with Gasteiger partial charge in [0.25, 0.3) is 5.56 Å². The number of aromatic nitrogens is 2. The number of pyridine rings is 2. The van der Waals surface area contributed by atoms with Crippen molar-refractivity contribution in [2.45, 2.75) is 13.0 Å². The fraction of sp³-hybridized carbons (Fsp3) is 0.167. The molecule has 8 heteroatoms. The summed E-state index contributed by atoms with van der Waals surface area (Å²) in [6, 6.07) is 6.27. The quantitative estimate of drug-likeness (QED) is 0.730. The predicted octanol–water partition coefficient (Wildman–Crippen LogP) is 2.07. The average molecular weight is 359 g/mol. The first-order valence-electron chi connectivity index (χ1n) is 7.73. The zero-order valence-corrected chi connectivity index (χ0v) is 13.8. The van der Waals surface area contributed by atoms with Gasteiger partial charge in [0, 0.05) is 29.9 Å². The van der Waals surface area contributed by atoms with E-state index in [9.17, 15) is 18.4 Å². The van der Waals surface area contributed by atoms with Gasteiger partial charge in [0.2, 0.25) is 11.8 Å². The van der Waals surface area contributed by atoms with E-state index in [2.05, 4.69) is 15.3 Å². The molecule has 6 nitrogen and oxygen atoms in total. The van der Waals surface area contributed by atoms with Crippen molar-refractivity contribution < 1.29 is 18.3 Å². The maximum Gasteiger partial charge on any atom is 0.252 e. The minimum Gasteiger partial charge on any atom is -0.481 e. The van der Waals surface area contributed by atoms with Gasteiger partial charge in [0.1, 0.15) is 11.6 Å². The van der Waals surface area contributed by atoms with E-state index in [0.717, 1.165) is 12.1 Å².